The minimum Gasteiger partial charge on any atom is -0.396 e. The van der Waals surface area contributed by atoms with E-state index in [1.807, 2.05) is 0 Å². The fourth-order valence-electron chi connectivity index (χ4n) is 1.84. The van der Waals surface area contributed by atoms with Gasteiger partial charge in [-0.05, 0) is 25.7 Å². The van der Waals surface area contributed by atoms with Gasteiger partial charge in [0.05, 0.1) is 0 Å². The van der Waals surface area contributed by atoms with Gasteiger partial charge >= 0.3 is 23.3 Å². The number of hydrogen-bond acceptors (Lipinski definition) is 4. The van der Waals surface area contributed by atoms with Gasteiger partial charge in [0.2, 0.25) is 0 Å². The Morgan fingerprint density at radius 1 is 0.667 bits per heavy atom. The van der Waals surface area contributed by atoms with Gasteiger partial charge in [0.25, 0.3) is 10.0 Å². The number of unbranched alkanes of at least 4 members (excludes halogenated alkanes) is 2. The van der Waals surface area contributed by atoms with Crippen LogP contribution in [-0.2, 0) is 10.0 Å². The highest BCUT2D eigenvalue weighted by molar-refractivity contribution is 7.90. The highest BCUT2D eigenvalue weighted by Gasteiger charge is 2.85. The molecule has 0 bridgehead atoms. The SMILES string of the molecule is O=S(=O)(N(CCCCO)CCCCO)C(F)(F)C(F)(F)C(F)(F)C(F)(F)F. The fourth-order valence-corrected chi connectivity index (χ4v) is 3.35. The molecule has 0 saturated heterocycles. The van der Waals surface area contributed by atoms with Crippen LogP contribution in [0.2, 0.25) is 0 Å². The van der Waals surface area contributed by atoms with Crippen LogP contribution in [0, 0.1) is 0 Å². The zero-order chi connectivity index (χ0) is 21.7. The van der Waals surface area contributed by atoms with E-state index in [1.165, 1.54) is 0 Å². The molecule has 0 aliphatic rings. The predicted octanol–water partition coefficient (Wildman–Crippen LogP) is 2.59. The maximum absolute atomic E-state index is 13.8. The molecule has 0 spiro atoms. The van der Waals surface area contributed by atoms with Gasteiger partial charge in [-0.25, -0.2) is 8.42 Å². The molecule has 0 unspecified atom stereocenters. The normalized spacial score (nSPS) is 14.8. The molecule has 27 heavy (non-hydrogen) atoms. The zero-order valence-electron chi connectivity index (χ0n) is 13.6. The highest BCUT2D eigenvalue weighted by Crippen LogP contribution is 2.55. The second-order valence-corrected chi connectivity index (χ2v) is 7.41. The van der Waals surface area contributed by atoms with Gasteiger partial charge in [-0.2, -0.15) is 43.8 Å². The van der Waals surface area contributed by atoms with Crippen molar-refractivity contribution in [2.75, 3.05) is 26.3 Å². The van der Waals surface area contributed by atoms with Crippen molar-refractivity contribution in [1.29, 1.82) is 0 Å². The molecule has 2 N–H and O–H groups in total. The summed E-state index contributed by atoms with van der Waals surface area (Å²) in [6.07, 6.45) is -8.19. The quantitative estimate of drug-likeness (QED) is 0.359. The van der Waals surface area contributed by atoms with Crippen LogP contribution in [0.3, 0.4) is 0 Å². The third kappa shape index (κ3) is 5.17. The first-order valence-electron chi connectivity index (χ1n) is 7.44. The summed E-state index contributed by atoms with van der Waals surface area (Å²) in [4.78, 5) is 0. The average Bonchev–Trinajstić information content (AvgIpc) is 2.51. The Balaban J connectivity index is 5.96. The highest BCUT2D eigenvalue weighted by atomic mass is 32.2. The molecule has 0 radical (unpaired) electrons. The topological polar surface area (TPSA) is 77.8 Å². The van der Waals surface area contributed by atoms with Gasteiger partial charge in [0, 0.05) is 26.3 Å². The van der Waals surface area contributed by atoms with Gasteiger partial charge in [-0.1, -0.05) is 0 Å². The van der Waals surface area contributed by atoms with E-state index in [1.54, 1.807) is 0 Å². The Bertz CT molecular complexity index is 556. The van der Waals surface area contributed by atoms with Crippen molar-refractivity contribution in [3.05, 3.63) is 0 Å². The van der Waals surface area contributed by atoms with E-state index in [2.05, 4.69) is 0 Å². The Morgan fingerprint density at radius 2 is 1.04 bits per heavy atom. The number of nitrogens with zero attached hydrogens (tertiary/aromatic N) is 1. The van der Waals surface area contributed by atoms with Crippen LogP contribution in [0.5, 0.6) is 0 Å². The summed E-state index contributed by atoms with van der Waals surface area (Å²) in [5, 5.41) is 10.4. The molecule has 0 aromatic heterocycles. The molecule has 0 aliphatic carbocycles. The Hall–Kier alpha value is -0.800. The summed E-state index contributed by atoms with van der Waals surface area (Å²) in [7, 11) is -6.66. The van der Waals surface area contributed by atoms with E-state index in [4.69, 9.17) is 10.2 Å². The van der Waals surface area contributed by atoms with Crippen molar-refractivity contribution in [3.63, 3.8) is 0 Å². The van der Waals surface area contributed by atoms with Crippen LogP contribution in [0.15, 0.2) is 0 Å². The smallest absolute Gasteiger partial charge is 0.396 e. The molecule has 15 heteroatoms. The van der Waals surface area contributed by atoms with Crippen LogP contribution in [0.1, 0.15) is 25.7 Å². The minimum absolute atomic E-state index is 0.174. The van der Waals surface area contributed by atoms with Crippen LogP contribution in [0.4, 0.5) is 39.5 Å². The number of aliphatic hydroxyl groups is 2. The summed E-state index contributed by atoms with van der Waals surface area (Å²) in [5.74, 6) is -14.6. The molecule has 0 atom stereocenters. The first-order valence-corrected chi connectivity index (χ1v) is 8.88. The van der Waals surface area contributed by atoms with Crippen LogP contribution >= 0.6 is 0 Å². The molecule has 0 heterocycles. The van der Waals surface area contributed by atoms with E-state index in [-0.39, 0.29) is 30.0 Å². The van der Waals surface area contributed by atoms with Gasteiger partial charge in [0.15, 0.2) is 0 Å². The lowest BCUT2D eigenvalue weighted by Crippen LogP contribution is -2.65. The maximum Gasteiger partial charge on any atom is 0.460 e. The fraction of sp³-hybridized carbons (Fsp3) is 1.00. The number of alkyl halides is 9. The van der Waals surface area contributed by atoms with Crippen molar-refractivity contribution >= 4 is 10.0 Å². The monoisotopic (exact) mass is 443 g/mol. The molecule has 5 nitrogen and oxygen atoms in total. The molecule has 164 valence electrons. The first-order chi connectivity index (χ1) is 12.0. The minimum atomic E-state index is -7.32. The molecule has 0 aromatic carbocycles. The van der Waals surface area contributed by atoms with Crippen molar-refractivity contribution in [2.24, 2.45) is 0 Å². The Kier molecular flexibility index (Phi) is 8.86. The lowest BCUT2D eigenvalue weighted by atomic mass is 10.1. The van der Waals surface area contributed by atoms with Crippen molar-refractivity contribution in [2.45, 2.75) is 49.0 Å². The summed E-state index contributed by atoms with van der Waals surface area (Å²) >= 11 is 0. The molecule has 0 rings (SSSR count). The Morgan fingerprint density at radius 3 is 1.33 bits per heavy atom. The molecule has 0 aliphatic heterocycles. The largest absolute Gasteiger partial charge is 0.460 e. The summed E-state index contributed by atoms with van der Waals surface area (Å²) in [5.41, 5.74) is 0. The zero-order valence-corrected chi connectivity index (χ0v) is 14.4. The number of sulfonamides is 1. The van der Waals surface area contributed by atoms with Crippen molar-refractivity contribution in [3.8, 4) is 0 Å². The third-order valence-electron chi connectivity index (χ3n) is 3.41. The number of aliphatic hydroxyl groups excluding tert-OH is 2. The second-order valence-electron chi connectivity index (χ2n) is 5.43. The van der Waals surface area contributed by atoms with E-state index in [9.17, 15) is 47.9 Å². The van der Waals surface area contributed by atoms with Gasteiger partial charge < -0.3 is 10.2 Å². The third-order valence-corrected chi connectivity index (χ3v) is 5.36. The van der Waals surface area contributed by atoms with Crippen molar-refractivity contribution < 1.29 is 58.1 Å². The van der Waals surface area contributed by atoms with Gasteiger partial charge in [-0.3, -0.25) is 0 Å². The predicted molar refractivity (Wildman–Crippen MR) is 74.0 cm³/mol. The molecular weight excluding hydrogens is 425 g/mol. The van der Waals surface area contributed by atoms with Crippen LogP contribution in [0.25, 0.3) is 0 Å². The van der Waals surface area contributed by atoms with Gasteiger partial charge in [-0.15, -0.1) is 0 Å². The first kappa shape index (κ1) is 26.2. The average molecular weight is 443 g/mol. The summed E-state index contributed by atoms with van der Waals surface area (Å²) < 4.78 is 140. The molecule has 0 aromatic rings. The number of hydrogen-bond donors (Lipinski definition) is 2. The number of halogens is 9. The second kappa shape index (κ2) is 9.13. The lowest BCUT2D eigenvalue weighted by molar-refractivity contribution is -0.382. The Labute approximate surface area is 148 Å². The number of rotatable bonds is 12. The van der Waals surface area contributed by atoms with E-state index in [0.29, 0.717) is 0 Å². The van der Waals surface area contributed by atoms with Crippen molar-refractivity contribution in [1.82, 2.24) is 4.31 Å². The standard InChI is InChI=1S/C12H18F9NO4S/c13-9(14,11(17,18)19)10(15,16)12(20,21)27(25,26)22(5-1-3-7-23)6-2-4-8-24/h23-24H,1-8H2. The van der Waals surface area contributed by atoms with Crippen LogP contribution < -0.4 is 0 Å². The van der Waals surface area contributed by atoms with E-state index in [0.717, 1.165) is 0 Å². The molecular formula is C12H18F9NO4S. The molecule has 0 amide bonds. The molecule has 0 saturated carbocycles. The van der Waals surface area contributed by atoms with Gasteiger partial charge in [0.1, 0.15) is 0 Å². The lowest BCUT2D eigenvalue weighted by Gasteiger charge is -2.35. The van der Waals surface area contributed by atoms with E-state index >= 15 is 0 Å². The summed E-state index contributed by atoms with van der Waals surface area (Å²) in [6.45, 7) is -2.94. The van der Waals surface area contributed by atoms with E-state index < -0.39 is 59.6 Å². The van der Waals surface area contributed by atoms with Crippen LogP contribution in [-0.4, -0.2) is 72.5 Å². The molecule has 0 fully saturated rings. The summed E-state index contributed by atoms with van der Waals surface area (Å²) in [6, 6.07) is 0. The maximum atomic E-state index is 13.8.